The predicted molar refractivity (Wildman–Crippen MR) is 76.1 cm³/mol. The first-order valence-corrected chi connectivity index (χ1v) is 6.74. The highest BCUT2D eigenvalue weighted by molar-refractivity contribution is 8.13. The van der Waals surface area contributed by atoms with Gasteiger partial charge in [0.25, 0.3) is 0 Å². The Kier molecular flexibility index (Phi) is 6.71. The number of nitrogens with zero attached hydrogens (tertiary/aromatic N) is 2. The molecule has 0 atom stereocenters. The van der Waals surface area contributed by atoms with E-state index < -0.39 is 5.82 Å². The van der Waals surface area contributed by atoms with Gasteiger partial charge in [-0.25, -0.2) is 9.38 Å². The maximum atomic E-state index is 13.8. The second kappa shape index (κ2) is 8.34. The van der Waals surface area contributed by atoms with Gasteiger partial charge in [-0.1, -0.05) is 17.8 Å². The molecule has 102 valence electrons. The third-order valence-corrected chi connectivity index (χ3v) is 2.76. The van der Waals surface area contributed by atoms with Crippen LogP contribution in [0, 0.1) is 17.3 Å². The van der Waals surface area contributed by atoms with Gasteiger partial charge in [-0.05, 0) is 18.4 Å². The van der Waals surface area contributed by atoms with E-state index in [9.17, 15) is 4.39 Å². The van der Waals surface area contributed by atoms with Crippen LogP contribution in [0.4, 0.5) is 15.8 Å². The topological polar surface area (TPSA) is 69.4 Å². The largest absolute Gasteiger partial charge is 0.383 e. The van der Waals surface area contributed by atoms with E-state index in [4.69, 9.17) is 10.00 Å². The molecule has 1 aromatic rings. The van der Waals surface area contributed by atoms with Crippen LogP contribution < -0.4 is 10.6 Å². The standard InChI is InChI=1S/C12H15FN4OS/c1-18-7-6-15-11-9(13)4-3-5-10(11)17-12(19-2)16-8-14/h3-5,15H,6-7H2,1-2H3,(H,16,17). The fourth-order valence-corrected chi connectivity index (χ4v) is 1.68. The minimum absolute atomic E-state index is 0.297. The fourth-order valence-electron chi connectivity index (χ4n) is 1.34. The Morgan fingerprint density at radius 1 is 1.58 bits per heavy atom. The van der Waals surface area contributed by atoms with Crippen molar-refractivity contribution in [1.82, 2.24) is 5.32 Å². The molecular weight excluding hydrogens is 267 g/mol. The number of benzene rings is 1. The number of para-hydroxylation sites is 1. The average Bonchev–Trinajstić information content (AvgIpc) is 2.41. The number of amidine groups is 1. The second-order valence-electron chi connectivity index (χ2n) is 3.41. The van der Waals surface area contributed by atoms with Crippen LogP contribution in [0.15, 0.2) is 23.2 Å². The minimum Gasteiger partial charge on any atom is -0.383 e. The monoisotopic (exact) mass is 282 g/mol. The summed E-state index contributed by atoms with van der Waals surface area (Å²) >= 11 is 1.27. The van der Waals surface area contributed by atoms with Crippen molar-refractivity contribution in [2.24, 2.45) is 4.99 Å². The molecule has 5 nitrogen and oxygen atoms in total. The molecule has 1 rings (SSSR count). The molecule has 1 aromatic carbocycles. The zero-order valence-corrected chi connectivity index (χ0v) is 11.6. The Morgan fingerprint density at radius 2 is 2.37 bits per heavy atom. The van der Waals surface area contributed by atoms with E-state index in [2.05, 4.69) is 15.6 Å². The molecule has 0 fully saturated rings. The number of halogens is 1. The Bertz CT molecular complexity index is 487. The molecule has 19 heavy (non-hydrogen) atoms. The van der Waals surface area contributed by atoms with Crippen molar-refractivity contribution in [3.8, 4) is 6.19 Å². The zero-order valence-electron chi connectivity index (χ0n) is 10.7. The summed E-state index contributed by atoms with van der Waals surface area (Å²) in [4.78, 5) is 4.21. The van der Waals surface area contributed by atoms with E-state index in [1.807, 2.05) is 0 Å². The molecular formula is C12H15FN4OS. The number of thioether (sulfide) groups is 1. The Hall–Kier alpha value is -1.78. The predicted octanol–water partition coefficient (Wildman–Crippen LogP) is 2.31. The Morgan fingerprint density at radius 3 is 3.00 bits per heavy atom. The van der Waals surface area contributed by atoms with E-state index >= 15 is 0 Å². The van der Waals surface area contributed by atoms with Crippen LogP contribution in [0.5, 0.6) is 0 Å². The molecule has 0 saturated carbocycles. The highest BCUT2D eigenvalue weighted by Crippen LogP contribution is 2.28. The van der Waals surface area contributed by atoms with Crippen LogP contribution >= 0.6 is 11.8 Å². The van der Waals surface area contributed by atoms with Gasteiger partial charge in [0.1, 0.15) is 5.82 Å². The smallest absolute Gasteiger partial charge is 0.183 e. The van der Waals surface area contributed by atoms with Crippen LogP contribution in [0.2, 0.25) is 0 Å². The van der Waals surface area contributed by atoms with Crippen LogP contribution in [0.25, 0.3) is 0 Å². The third kappa shape index (κ3) is 4.77. The molecule has 0 aliphatic carbocycles. The summed E-state index contributed by atoms with van der Waals surface area (Å²) in [6.45, 7) is 0.934. The minimum atomic E-state index is -0.394. The van der Waals surface area contributed by atoms with E-state index in [0.29, 0.717) is 29.7 Å². The van der Waals surface area contributed by atoms with E-state index in [1.54, 1.807) is 31.7 Å². The van der Waals surface area contributed by atoms with Crippen molar-refractivity contribution < 1.29 is 9.13 Å². The molecule has 0 radical (unpaired) electrons. The molecule has 0 aliphatic rings. The van der Waals surface area contributed by atoms with Gasteiger partial charge >= 0.3 is 0 Å². The van der Waals surface area contributed by atoms with Crippen molar-refractivity contribution in [3.63, 3.8) is 0 Å². The molecule has 0 amide bonds. The number of ether oxygens (including phenoxy) is 1. The van der Waals surface area contributed by atoms with Gasteiger partial charge in [0.05, 0.1) is 18.0 Å². The zero-order chi connectivity index (χ0) is 14.1. The summed E-state index contributed by atoms with van der Waals surface area (Å²) in [5.74, 6) is -0.394. The highest BCUT2D eigenvalue weighted by Gasteiger charge is 2.08. The first-order chi connectivity index (χ1) is 9.22. The maximum absolute atomic E-state index is 13.8. The van der Waals surface area contributed by atoms with Crippen LogP contribution in [-0.4, -0.2) is 31.7 Å². The van der Waals surface area contributed by atoms with Crippen molar-refractivity contribution in [2.45, 2.75) is 0 Å². The highest BCUT2D eigenvalue weighted by atomic mass is 32.2. The number of hydrogen-bond donors (Lipinski definition) is 2. The molecule has 0 saturated heterocycles. The Balaban J connectivity index is 2.99. The third-order valence-electron chi connectivity index (χ3n) is 2.18. The molecule has 0 aliphatic heterocycles. The lowest BCUT2D eigenvalue weighted by Gasteiger charge is -2.10. The molecule has 0 spiro atoms. The lowest BCUT2D eigenvalue weighted by atomic mass is 10.2. The van der Waals surface area contributed by atoms with E-state index in [0.717, 1.165) is 0 Å². The molecule has 2 N–H and O–H groups in total. The summed E-state index contributed by atoms with van der Waals surface area (Å²) in [7, 11) is 1.57. The van der Waals surface area contributed by atoms with Gasteiger partial charge in [-0.3, -0.25) is 5.32 Å². The summed E-state index contributed by atoms with van der Waals surface area (Å²) in [5.41, 5.74) is 0.731. The summed E-state index contributed by atoms with van der Waals surface area (Å²) in [6.07, 6.45) is 3.57. The van der Waals surface area contributed by atoms with Crippen molar-refractivity contribution in [1.29, 1.82) is 5.26 Å². The van der Waals surface area contributed by atoms with E-state index in [1.165, 1.54) is 17.8 Å². The lowest BCUT2D eigenvalue weighted by Crippen LogP contribution is -2.13. The first-order valence-electron chi connectivity index (χ1n) is 5.52. The van der Waals surface area contributed by atoms with Crippen molar-refractivity contribution in [3.05, 3.63) is 24.0 Å². The first kappa shape index (κ1) is 15.3. The van der Waals surface area contributed by atoms with Gasteiger partial charge < -0.3 is 10.1 Å². The van der Waals surface area contributed by atoms with Gasteiger partial charge in [0.2, 0.25) is 0 Å². The summed E-state index contributed by atoms with van der Waals surface area (Å²) < 4.78 is 18.7. The maximum Gasteiger partial charge on any atom is 0.183 e. The SMILES string of the molecule is COCCNc1c(F)cccc1N=C(NC#N)SC. The number of methoxy groups -OCH3 is 1. The number of nitrogens with one attached hydrogen (secondary N) is 2. The molecule has 0 aromatic heterocycles. The van der Waals surface area contributed by atoms with Gasteiger partial charge in [-0.15, -0.1) is 0 Å². The quantitative estimate of drug-likeness (QED) is 0.285. The van der Waals surface area contributed by atoms with Gasteiger partial charge in [0, 0.05) is 13.7 Å². The molecule has 7 heteroatoms. The summed E-state index contributed by atoms with van der Waals surface area (Å²) in [6, 6.07) is 4.60. The average molecular weight is 282 g/mol. The van der Waals surface area contributed by atoms with Crippen molar-refractivity contribution >= 4 is 28.3 Å². The van der Waals surface area contributed by atoms with Crippen LogP contribution in [0.3, 0.4) is 0 Å². The lowest BCUT2D eigenvalue weighted by molar-refractivity contribution is 0.210. The van der Waals surface area contributed by atoms with E-state index in [-0.39, 0.29) is 0 Å². The molecule has 0 bridgehead atoms. The normalized spacial score (nSPS) is 10.9. The number of nitriles is 1. The fraction of sp³-hybridized carbons (Fsp3) is 0.333. The number of rotatable bonds is 5. The van der Waals surface area contributed by atoms with Crippen LogP contribution in [0.1, 0.15) is 0 Å². The second-order valence-corrected chi connectivity index (χ2v) is 4.21. The molecule has 0 unspecified atom stereocenters. The van der Waals surface area contributed by atoms with Crippen LogP contribution in [-0.2, 0) is 4.74 Å². The van der Waals surface area contributed by atoms with Gasteiger partial charge in [-0.2, -0.15) is 5.26 Å². The van der Waals surface area contributed by atoms with Gasteiger partial charge in [0.15, 0.2) is 11.4 Å². The number of anilines is 1. The Labute approximate surface area is 115 Å². The molecule has 0 heterocycles. The summed E-state index contributed by atoms with van der Waals surface area (Å²) in [5, 5.41) is 14.4. The number of aliphatic imine (C=N–C) groups is 1. The number of hydrogen-bond acceptors (Lipinski definition) is 5. The van der Waals surface area contributed by atoms with Crippen molar-refractivity contribution in [2.75, 3.05) is 31.8 Å².